The van der Waals surface area contributed by atoms with Crippen molar-refractivity contribution in [2.45, 2.75) is 26.3 Å². The third-order valence-electron chi connectivity index (χ3n) is 5.21. The minimum absolute atomic E-state index is 0.300. The molecule has 1 N–H and O–H groups in total. The molecule has 0 aliphatic rings. The topological polar surface area (TPSA) is 68.0 Å². The van der Waals surface area contributed by atoms with Gasteiger partial charge < -0.3 is 5.11 Å². The van der Waals surface area contributed by atoms with Crippen molar-refractivity contribution >= 4 is 12.0 Å². The van der Waals surface area contributed by atoms with Crippen LogP contribution in [0.2, 0.25) is 0 Å². The van der Waals surface area contributed by atoms with Gasteiger partial charge in [0.1, 0.15) is 0 Å². The third-order valence-corrected chi connectivity index (χ3v) is 5.21. The lowest BCUT2D eigenvalue weighted by Gasteiger charge is -2.08. The van der Waals surface area contributed by atoms with Crippen LogP contribution in [-0.2, 0) is 13.0 Å². The maximum atomic E-state index is 11.5. The highest BCUT2D eigenvalue weighted by Gasteiger charge is 2.12. The van der Waals surface area contributed by atoms with Gasteiger partial charge >= 0.3 is 5.97 Å². The largest absolute Gasteiger partial charge is 0.478 e. The standard InChI is InChI=1S/C27H25N3O2/c1-2-3-13-26-28-25(18-20-9-5-4-6-10-20)29-30(26)19-21-14-16-22(17-15-21)23-11-7-8-12-24(23)27(31)32/h3-17H,2,18-19H2,1H3,(H,31,32)/b13-3+. The Labute approximate surface area is 187 Å². The van der Waals surface area contributed by atoms with Crippen molar-refractivity contribution in [2.75, 3.05) is 0 Å². The Balaban J connectivity index is 1.58. The van der Waals surface area contributed by atoms with E-state index in [1.807, 2.05) is 65.4 Å². The van der Waals surface area contributed by atoms with E-state index in [2.05, 4.69) is 25.1 Å². The lowest BCUT2D eigenvalue weighted by molar-refractivity contribution is 0.0697. The molecule has 0 fully saturated rings. The molecule has 0 saturated carbocycles. The van der Waals surface area contributed by atoms with Gasteiger partial charge in [-0.2, -0.15) is 5.10 Å². The molecular weight excluding hydrogens is 398 g/mol. The fraction of sp³-hybridized carbons (Fsp3) is 0.148. The molecule has 0 atom stereocenters. The van der Waals surface area contributed by atoms with Crippen LogP contribution < -0.4 is 0 Å². The van der Waals surface area contributed by atoms with Gasteiger partial charge in [0, 0.05) is 6.42 Å². The van der Waals surface area contributed by atoms with Gasteiger partial charge in [-0.15, -0.1) is 0 Å². The van der Waals surface area contributed by atoms with Gasteiger partial charge in [-0.05, 0) is 40.8 Å². The van der Waals surface area contributed by atoms with E-state index in [0.29, 0.717) is 24.1 Å². The Morgan fingerprint density at radius 2 is 1.66 bits per heavy atom. The van der Waals surface area contributed by atoms with Crippen molar-refractivity contribution in [3.05, 3.63) is 113 Å². The maximum absolute atomic E-state index is 11.5. The van der Waals surface area contributed by atoms with Crippen molar-refractivity contribution < 1.29 is 9.90 Å². The van der Waals surface area contributed by atoms with E-state index >= 15 is 0 Å². The molecule has 1 aromatic heterocycles. The average Bonchev–Trinajstić information content (AvgIpc) is 3.19. The van der Waals surface area contributed by atoms with E-state index in [-0.39, 0.29) is 0 Å². The summed E-state index contributed by atoms with van der Waals surface area (Å²) in [5, 5.41) is 14.2. The Kier molecular flexibility index (Phi) is 6.56. The fourth-order valence-corrected chi connectivity index (χ4v) is 3.60. The Bertz CT molecular complexity index is 1230. The summed E-state index contributed by atoms with van der Waals surface area (Å²) >= 11 is 0. The van der Waals surface area contributed by atoms with Crippen LogP contribution in [0.3, 0.4) is 0 Å². The number of carboxylic acids is 1. The van der Waals surface area contributed by atoms with E-state index < -0.39 is 5.97 Å². The van der Waals surface area contributed by atoms with Crippen LogP contribution in [0.5, 0.6) is 0 Å². The molecular formula is C27H25N3O2. The maximum Gasteiger partial charge on any atom is 0.336 e. The van der Waals surface area contributed by atoms with E-state index in [1.54, 1.807) is 12.1 Å². The highest BCUT2D eigenvalue weighted by Crippen LogP contribution is 2.24. The fourth-order valence-electron chi connectivity index (χ4n) is 3.60. The number of aromatic carboxylic acids is 1. The molecule has 0 aliphatic heterocycles. The first kappa shape index (κ1) is 21.2. The van der Waals surface area contributed by atoms with Crippen LogP contribution in [0.25, 0.3) is 17.2 Å². The molecule has 3 aromatic carbocycles. The SMILES string of the molecule is CC/C=C/c1nc(Cc2ccccc2)nn1Cc1ccc(-c2ccccc2C(=O)O)cc1. The summed E-state index contributed by atoms with van der Waals surface area (Å²) in [4.78, 5) is 16.3. The van der Waals surface area contributed by atoms with Crippen LogP contribution in [0, 0.1) is 0 Å². The highest BCUT2D eigenvalue weighted by atomic mass is 16.4. The summed E-state index contributed by atoms with van der Waals surface area (Å²) in [7, 11) is 0. The number of carbonyl (C=O) groups is 1. The average molecular weight is 424 g/mol. The van der Waals surface area contributed by atoms with Crippen molar-refractivity contribution in [3.8, 4) is 11.1 Å². The van der Waals surface area contributed by atoms with E-state index in [4.69, 9.17) is 10.1 Å². The molecule has 0 saturated heterocycles. The quantitative estimate of drug-likeness (QED) is 0.394. The molecule has 0 aliphatic carbocycles. The van der Waals surface area contributed by atoms with Crippen LogP contribution in [0.15, 0.2) is 84.9 Å². The second kappa shape index (κ2) is 9.88. The zero-order valence-corrected chi connectivity index (χ0v) is 18.0. The van der Waals surface area contributed by atoms with Crippen molar-refractivity contribution in [3.63, 3.8) is 0 Å². The van der Waals surface area contributed by atoms with E-state index in [0.717, 1.165) is 29.2 Å². The Morgan fingerprint density at radius 3 is 2.38 bits per heavy atom. The van der Waals surface area contributed by atoms with Crippen molar-refractivity contribution in [2.24, 2.45) is 0 Å². The van der Waals surface area contributed by atoms with Gasteiger partial charge in [-0.3, -0.25) is 0 Å². The number of rotatable bonds is 8. The van der Waals surface area contributed by atoms with Gasteiger partial charge in [-0.25, -0.2) is 14.5 Å². The predicted octanol–water partition coefficient (Wildman–Crippen LogP) is 5.71. The molecule has 5 nitrogen and oxygen atoms in total. The van der Waals surface area contributed by atoms with Gasteiger partial charge in [0.15, 0.2) is 11.6 Å². The molecule has 0 spiro atoms. The molecule has 1 heterocycles. The molecule has 32 heavy (non-hydrogen) atoms. The number of hydrogen-bond acceptors (Lipinski definition) is 3. The van der Waals surface area contributed by atoms with Crippen molar-refractivity contribution in [1.82, 2.24) is 14.8 Å². The van der Waals surface area contributed by atoms with E-state index in [1.165, 1.54) is 5.56 Å². The molecule has 0 unspecified atom stereocenters. The zero-order chi connectivity index (χ0) is 22.3. The summed E-state index contributed by atoms with van der Waals surface area (Å²) in [6, 6.07) is 25.2. The number of allylic oxidation sites excluding steroid dienone is 1. The summed E-state index contributed by atoms with van der Waals surface area (Å²) in [5.74, 6) is 0.697. The first-order valence-corrected chi connectivity index (χ1v) is 10.7. The molecule has 4 aromatic rings. The number of benzene rings is 3. The first-order valence-electron chi connectivity index (χ1n) is 10.7. The molecule has 0 bridgehead atoms. The Morgan fingerprint density at radius 1 is 0.938 bits per heavy atom. The summed E-state index contributed by atoms with van der Waals surface area (Å²) in [6.45, 7) is 2.68. The number of hydrogen-bond donors (Lipinski definition) is 1. The number of nitrogens with zero attached hydrogens (tertiary/aromatic N) is 3. The van der Waals surface area contributed by atoms with Crippen molar-refractivity contribution in [1.29, 1.82) is 0 Å². The van der Waals surface area contributed by atoms with Gasteiger partial charge in [0.25, 0.3) is 0 Å². The minimum Gasteiger partial charge on any atom is -0.478 e. The van der Waals surface area contributed by atoms with Gasteiger partial charge in [-0.1, -0.05) is 85.8 Å². The smallest absolute Gasteiger partial charge is 0.336 e. The molecule has 5 heteroatoms. The molecule has 0 amide bonds. The van der Waals surface area contributed by atoms with Crippen LogP contribution >= 0.6 is 0 Å². The normalized spacial score (nSPS) is 11.2. The number of carboxylic acid groups (broad SMARTS) is 1. The molecule has 160 valence electrons. The third kappa shape index (κ3) is 5.01. The lowest BCUT2D eigenvalue weighted by Crippen LogP contribution is -2.05. The van der Waals surface area contributed by atoms with Crippen LogP contribution in [-0.4, -0.2) is 25.8 Å². The van der Waals surface area contributed by atoms with Crippen LogP contribution in [0.4, 0.5) is 0 Å². The predicted molar refractivity (Wildman–Crippen MR) is 127 cm³/mol. The molecule has 0 radical (unpaired) electrons. The first-order chi connectivity index (χ1) is 15.6. The van der Waals surface area contributed by atoms with Gasteiger partial charge in [0.2, 0.25) is 0 Å². The monoisotopic (exact) mass is 423 g/mol. The summed E-state index contributed by atoms with van der Waals surface area (Å²) in [5.41, 5.74) is 4.14. The Hall–Kier alpha value is -3.99. The van der Waals surface area contributed by atoms with E-state index in [9.17, 15) is 9.90 Å². The summed E-state index contributed by atoms with van der Waals surface area (Å²) < 4.78 is 1.92. The second-order valence-electron chi connectivity index (χ2n) is 7.56. The number of aromatic nitrogens is 3. The van der Waals surface area contributed by atoms with Crippen LogP contribution in [0.1, 0.15) is 46.5 Å². The lowest BCUT2D eigenvalue weighted by atomic mass is 9.99. The second-order valence-corrected chi connectivity index (χ2v) is 7.56. The summed E-state index contributed by atoms with van der Waals surface area (Å²) in [6.07, 6.45) is 5.71. The van der Waals surface area contributed by atoms with Gasteiger partial charge in [0.05, 0.1) is 12.1 Å². The minimum atomic E-state index is -0.925. The highest BCUT2D eigenvalue weighted by molar-refractivity contribution is 5.95. The molecule has 4 rings (SSSR count). The zero-order valence-electron chi connectivity index (χ0n) is 18.0.